The third-order valence-corrected chi connectivity index (χ3v) is 2.85. The quantitative estimate of drug-likeness (QED) is 0.535. The van der Waals surface area contributed by atoms with Crippen molar-refractivity contribution < 1.29 is 0 Å². The second kappa shape index (κ2) is 2.51. The average Bonchev–Trinajstić information content (AvgIpc) is 2.64. The van der Waals surface area contributed by atoms with E-state index in [2.05, 4.69) is 19.6 Å². The Bertz CT molecular complexity index is 206. The van der Waals surface area contributed by atoms with Crippen LogP contribution in [-0.4, -0.2) is 0 Å². The van der Waals surface area contributed by atoms with Gasteiger partial charge < -0.3 is 0 Å². The zero-order valence-corrected chi connectivity index (χ0v) is 7.27. The molecule has 0 aliphatic heterocycles. The van der Waals surface area contributed by atoms with Crippen LogP contribution in [-0.2, 0) is 0 Å². The maximum atomic E-state index is 4.05. The molecule has 60 valence electrons. The molecule has 2 aliphatic carbocycles. The topological polar surface area (TPSA) is 0 Å². The smallest absolute Gasteiger partial charge is 0.0251 e. The van der Waals surface area contributed by atoms with Gasteiger partial charge in [0.25, 0.3) is 0 Å². The fraction of sp³-hybridized carbons (Fsp3) is 0.636. The lowest BCUT2D eigenvalue weighted by Crippen LogP contribution is -2.08. The summed E-state index contributed by atoms with van der Waals surface area (Å²) in [5.74, 6) is 2.00. The SMILES string of the molecule is C=C1C=C(C)CC(C2CC2)C1. The Hall–Kier alpha value is -0.520. The maximum Gasteiger partial charge on any atom is -0.0251 e. The standard InChI is InChI=1S/C11H16/c1-8-5-9(2)7-11(6-8)10-3-4-10/h5,10-11H,1,3-4,6-7H2,2H3. The lowest BCUT2D eigenvalue weighted by molar-refractivity contribution is 0.447. The first-order valence-corrected chi connectivity index (χ1v) is 4.60. The highest BCUT2D eigenvalue weighted by molar-refractivity contribution is 5.25. The van der Waals surface area contributed by atoms with Crippen molar-refractivity contribution in [2.45, 2.75) is 32.6 Å². The van der Waals surface area contributed by atoms with Crippen molar-refractivity contribution in [1.29, 1.82) is 0 Å². The van der Waals surface area contributed by atoms with Gasteiger partial charge in [-0.05, 0) is 44.4 Å². The summed E-state index contributed by atoms with van der Waals surface area (Å²) >= 11 is 0. The molecule has 0 N–H and O–H groups in total. The van der Waals surface area contributed by atoms with Gasteiger partial charge in [0.05, 0.1) is 0 Å². The molecule has 2 aliphatic rings. The first-order chi connectivity index (χ1) is 5.25. The summed E-state index contributed by atoms with van der Waals surface area (Å²) in [6, 6.07) is 0. The van der Waals surface area contributed by atoms with E-state index in [-0.39, 0.29) is 0 Å². The minimum Gasteiger partial charge on any atom is -0.0958 e. The molecule has 1 atom stereocenters. The lowest BCUT2D eigenvalue weighted by Gasteiger charge is -2.21. The molecule has 1 fully saturated rings. The van der Waals surface area contributed by atoms with Crippen LogP contribution < -0.4 is 0 Å². The minimum atomic E-state index is 0.951. The van der Waals surface area contributed by atoms with Crippen LogP contribution in [0.3, 0.4) is 0 Å². The van der Waals surface area contributed by atoms with Crippen LogP contribution in [0.1, 0.15) is 32.6 Å². The van der Waals surface area contributed by atoms with E-state index in [1.807, 2.05) is 0 Å². The first-order valence-electron chi connectivity index (χ1n) is 4.60. The van der Waals surface area contributed by atoms with Crippen molar-refractivity contribution in [1.82, 2.24) is 0 Å². The van der Waals surface area contributed by atoms with Gasteiger partial charge in [-0.2, -0.15) is 0 Å². The number of hydrogen-bond donors (Lipinski definition) is 0. The van der Waals surface area contributed by atoms with E-state index >= 15 is 0 Å². The molecule has 0 aromatic heterocycles. The molecule has 0 bridgehead atoms. The molecule has 1 unspecified atom stereocenters. The maximum absolute atomic E-state index is 4.05. The van der Waals surface area contributed by atoms with Crippen molar-refractivity contribution in [3.8, 4) is 0 Å². The highest BCUT2D eigenvalue weighted by atomic mass is 14.4. The van der Waals surface area contributed by atoms with Crippen molar-refractivity contribution in [2.24, 2.45) is 11.8 Å². The Labute approximate surface area is 69.0 Å². The van der Waals surface area contributed by atoms with E-state index in [0.717, 1.165) is 11.8 Å². The van der Waals surface area contributed by atoms with Gasteiger partial charge in [-0.1, -0.05) is 23.8 Å². The van der Waals surface area contributed by atoms with Crippen molar-refractivity contribution in [3.63, 3.8) is 0 Å². The predicted octanol–water partition coefficient (Wildman–Crippen LogP) is 3.31. The Morgan fingerprint density at radius 1 is 1.27 bits per heavy atom. The third-order valence-electron chi connectivity index (χ3n) is 2.85. The second-order valence-corrected chi connectivity index (χ2v) is 4.15. The summed E-state index contributed by atoms with van der Waals surface area (Å²) in [7, 11) is 0. The monoisotopic (exact) mass is 148 g/mol. The van der Waals surface area contributed by atoms with E-state index in [1.165, 1.54) is 36.8 Å². The van der Waals surface area contributed by atoms with Gasteiger partial charge in [-0.25, -0.2) is 0 Å². The van der Waals surface area contributed by atoms with Gasteiger partial charge in [0, 0.05) is 0 Å². The average molecular weight is 148 g/mol. The zero-order valence-electron chi connectivity index (χ0n) is 7.27. The second-order valence-electron chi connectivity index (χ2n) is 4.15. The molecule has 11 heavy (non-hydrogen) atoms. The van der Waals surface area contributed by atoms with Gasteiger partial charge in [-0.3, -0.25) is 0 Å². The third kappa shape index (κ3) is 1.55. The van der Waals surface area contributed by atoms with E-state index in [1.54, 1.807) is 0 Å². The number of hydrogen-bond acceptors (Lipinski definition) is 0. The molecule has 0 heteroatoms. The molecule has 0 heterocycles. The van der Waals surface area contributed by atoms with E-state index in [4.69, 9.17) is 0 Å². The Morgan fingerprint density at radius 3 is 2.55 bits per heavy atom. The fourth-order valence-electron chi connectivity index (χ4n) is 2.19. The van der Waals surface area contributed by atoms with E-state index in [9.17, 15) is 0 Å². The van der Waals surface area contributed by atoms with Gasteiger partial charge in [0.15, 0.2) is 0 Å². The van der Waals surface area contributed by atoms with Crippen LogP contribution >= 0.6 is 0 Å². The molecule has 0 aromatic carbocycles. The molecule has 0 nitrogen and oxygen atoms in total. The highest BCUT2D eigenvalue weighted by Gasteiger charge is 2.32. The van der Waals surface area contributed by atoms with Crippen molar-refractivity contribution in [2.75, 3.05) is 0 Å². The predicted molar refractivity (Wildman–Crippen MR) is 48.3 cm³/mol. The minimum absolute atomic E-state index is 0.951. The molecular weight excluding hydrogens is 132 g/mol. The van der Waals surface area contributed by atoms with Crippen LogP contribution in [0.2, 0.25) is 0 Å². The Balaban J connectivity index is 2.05. The molecule has 0 aromatic rings. The largest absolute Gasteiger partial charge is 0.0958 e. The summed E-state index contributed by atoms with van der Waals surface area (Å²) < 4.78 is 0. The number of allylic oxidation sites excluding steroid dienone is 3. The lowest BCUT2D eigenvalue weighted by atomic mass is 9.84. The van der Waals surface area contributed by atoms with Gasteiger partial charge in [-0.15, -0.1) is 0 Å². The summed E-state index contributed by atoms with van der Waals surface area (Å²) in [6.07, 6.45) is 7.82. The highest BCUT2D eigenvalue weighted by Crippen LogP contribution is 2.44. The summed E-state index contributed by atoms with van der Waals surface area (Å²) in [6.45, 7) is 6.28. The van der Waals surface area contributed by atoms with Crippen LogP contribution in [0.25, 0.3) is 0 Å². The Morgan fingerprint density at radius 2 is 2.00 bits per heavy atom. The molecule has 0 spiro atoms. The zero-order chi connectivity index (χ0) is 7.84. The van der Waals surface area contributed by atoms with Crippen LogP contribution in [0.4, 0.5) is 0 Å². The summed E-state index contributed by atoms with van der Waals surface area (Å²) in [5.41, 5.74) is 2.89. The summed E-state index contributed by atoms with van der Waals surface area (Å²) in [4.78, 5) is 0. The fourth-order valence-corrected chi connectivity index (χ4v) is 2.19. The van der Waals surface area contributed by atoms with Gasteiger partial charge in [0.2, 0.25) is 0 Å². The molecular formula is C11H16. The van der Waals surface area contributed by atoms with Crippen LogP contribution in [0.15, 0.2) is 23.8 Å². The first kappa shape index (κ1) is 7.15. The molecule has 2 rings (SSSR count). The number of rotatable bonds is 1. The summed E-state index contributed by atoms with van der Waals surface area (Å²) in [5, 5.41) is 0. The Kier molecular flexibility index (Phi) is 1.63. The molecule has 0 saturated heterocycles. The molecule has 1 saturated carbocycles. The molecule has 0 radical (unpaired) electrons. The van der Waals surface area contributed by atoms with Crippen LogP contribution in [0.5, 0.6) is 0 Å². The molecule has 0 amide bonds. The van der Waals surface area contributed by atoms with Gasteiger partial charge in [0.1, 0.15) is 0 Å². The normalized spacial score (nSPS) is 31.9. The van der Waals surface area contributed by atoms with Gasteiger partial charge >= 0.3 is 0 Å². The van der Waals surface area contributed by atoms with Crippen LogP contribution in [0, 0.1) is 11.8 Å². The van der Waals surface area contributed by atoms with E-state index < -0.39 is 0 Å². The van der Waals surface area contributed by atoms with E-state index in [0.29, 0.717) is 0 Å². The van der Waals surface area contributed by atoms with Crippen molar-refractivity contribution >= 4 is 0 Å². The van der Waals surface area contributed by atoms with Crippen molar-refractivity contribution in [3.05, 3.63) is 23.8 Å².